The molecule has 1 atom stereocenters. The van der Waals surface area contributed by atoms with E-state index in [4.69, 9.17) is 4.74 Å². The number of thioether (sulfide) groups is 1. The first kappa shape index (κ1) is 19.9. The average molecular weight is 398 g/mol. The van der Waals surface area contributed by atoms with Gasteiger partial charge in [0.25, 0.3) is 5.91 Å². The topological polar surface area (TPSA) is 73.2 Å². The molecule has 0 aliphatic rings. The molecule has 1 heterocycles. The Morgan fingerprint density at radius 1 is 1.18 bits per heavy atom. The smallest absolute Gasteiger partial charge is 0.318 e. The Morgan fingerprint density at radius 3 is 2.68 bits per heavy atom. The number of benzene rings is 2. The molecule has 0 saturated carbocycles. The zero-order valence-electron chi connectivity index (χ0n) is 16.1. The number of fused-ring (bicyclic) bond motifs is 1. The minimum atomic E-state index is -0.390. The van der Waals surface area contributed by atoms with Crippen molar-refractivity contribution in [1.82, 2.24) is 14.9 Å². The number of aromatic nitrogens is 2. The number of amides is 1. The van der Waals surface area contributed by atoms with Crippen LogP contribution >= 0.6 is 11.8 Å². The Balaban J connectivity index is 1.67. The maximum absolute atomic E-state index is 12.7. The summed E-state index contributed by atoms with van der Waals surface area (Å²) in [5, 5.41) is 2.58. The van der Waals surface area contributed by atoms with Gasteiger partial charge in [-0.3, -0.25) is 9.59 Å². The molecule has 146 valence electrons. The Kier molecular flexibility index (Phi) is 6.36. The SMILES string of the molecule is COC(=O)C(C)Sc1ccccc1C(=O)NCCn1c(C)nc2ccccc21. The molecular formula is C21H23N3O3S. The molecule has 1 N–H and O–H groups in total. The molecular weight excluding hydrogens is 374 g/mol. The van der Waals surface area contributed by atoms with E-state index in [-0.39, 0.29) is 17.1 Å². The van der Waals surface area contributed by atoms with Crippen LogP contribution in [0.5, 0.6) is 0 Å². The Bertz CT molecular complexity index is 999. The molecule has 0 aliphatic heterocycles. The van der Waals surface area contributed by atoms with E-state index in [2.05, 4.69) is 14.9 Å². The highest BCUT2D eigenvalue weighted by molar-refractivity contribution is 8.00. The van der Waals surface area contributed by atoms with Crippen LogP contribution in [-0.2, 0) is 16.1 Å². The van der Waals surface area contributed by atoms with Gasteiger partial charge in [-0.05, 0) is 38.1 Å². The fraction of sp³-hybridized carbons (Fsp3) is 0.286. The van der Waals surface area contributed by atoms with E-state index in [1.807, 2.05) is 49.4 Å². The summed E-state index contributed by atoms with van der Waals surface area (Å²) in [5.41, 5.74) is 2.55. The van der Waals surface area contributed by atoms with Crippen LogP contribution in [0.25, 0.3) is 11.0 Å². The second kappa shape index (κ2) is 8.93. The quantitative estimate of drug-likeness (QED) is 0.488. The van der Waals surface area contributed by atoms with E-state index in [0.29, 0.717) is 18.7 Å². The number of ether oxygens (including phenoxy) is 1. The summed E-state index contributed by atoms with van der Waals surface area (Å²) in [5.74, 6) is 0.434. The summed E-state index contributed by atoms with van der Waals surface area (Å²) >= 11 is 1.32. The van der Waals surface area contributed by atoms with Crippen molar-refractivity contribution in [3.63, 3.8) is 0 Å². The zero-order valence-corrected chi connectivity index (χ0v) is 17.0. The molecule has 0 spiro atoms. The fourth-order valence-corrected chi connectivity index (χ4v) is 4.03. The predicted molar refractivity (Wildman–Crippen MR) is 111 cm³/mol. The molecule has 0 fully saturated rings. The number of hydrogen-bond donors (Lipinski definition) is 1. The van der Waals surface area contributed by atoms with E-state index in [1.54, 1.807) is 13.0 Å². The van der Waals surface area contributed by atoms with Gasteiger partial charge in [0.1, 0.15) is 11.1 Å². The molecule has 1 aromatic heterocycles. The van der Waals surface area contributed by atoms with Gasteiger partial charge in [-0.15, -0.1) is 11.8 Å². The monoisotopic (exact) mass is 397 g/mol. The summed E-state index contributed by atoms with van der Waals surface area (Å²) < 4.78 is 6.86. The number of esters is 1. The molecule has 7 heteroatoms. The van der Waals surface area contributed by atoms with Crippen LogP contribution in [0.15, 0.2) is 53.4 Å². The van der Waals surface area contributed by atoms with Crippen molar-refractivity contribution in [2.45, 2.75) is 30.5 Å². The molecule has 0 bridgehead atoms. The lowest BCUT2D eigenvalue weighted by atomic mass is 10.2. The van der Waals surface area contributed by atoms with Crippen LogP contribution in [0.4, 0.5) is 0 Å². The lowest BCUT2D eigenvalue weighted by Gasteiger charge is -2.13. The second-order valence-electron chi connectivity index (χ2n) is 6.33. The third-order valence-electron chi connectivity index (χ3n) is 4.43. The summed E-state index contributed by atoms with van der Waals surface area (Å²) in [6.07, 6.45) is 0. The van der Waals surface area contributed by atoms with Gasteiger partial charge in [0.05, 0.1) is 23.7 Å². The van der Waals surface area contributed by atoms with Gasteiger partial charge in [0.15, 0.2) is 0 Å². The van der Waals surface area contributed by atoms with Crippen LogP contribution in [0.1, 0.15) is 23.1 Å². The number of methoxy groups -OCH3 is 1. The Labute approximate surface area is 168 Å². The predicted octanol–water partition coefficient (Wildman–Crippen LogP) is 3.43. The van der Waals surface area contributed by atoms with Gasteiger partial charge < -0.3 is 14.6 Å². The first-order valence-corrected chi connectivity index (χ1v) is 9.93. The summed E-state index contributed by atoms with van der Waals surface area (Å²) in [6, 6.07) is 15.2. The minimum Gasteiger partial charge on any atom is -0.468 e. The largest absolute Gasteiger partial charge is 0.468 e. The minimum absolute atomic E-state index is 0.165. The molecule has 2 aromatic carbocycles. The summed E-state index contributed by atoms with van der Waals surface area (Å²) in [7, 11) is 1.36. The number of rotatable bonds is 7. The molecule has 28 heavy (non-hydrogen) atoms. The maximum Gasteiger partial charge on any atom is 0.318 e. The van der Waals surface area contributed by atoms with Crippen molar-refractivity contribution in [3.05, 3.63) is 59.9 Å². The highest BCUT2D eigenvalue weighted by atomic mass is 32.2. The Morgan fingerprint density at radius 2 is 1.89 bits per heavy atom. The summed E-state index contributed by atoms with van der Waals surface area (Å²) in [4.78, 5) is 29.7. The molecule has 3 aromatic rings. The molecule has 0 radical (unpaired) electrons. The van der Waals surface area contributed by atoms with Crippen molar-refractivity contribution in [1.29, 1.82) is 0 Å². The number of carbonyl (C=O) groups excluding carboxylic acids is 2. The standard InChI is InChI=1S/C21H23N3O3S/c1-14(21(26)27-3)28-19-11-7-4-8-16(19)20(25)22-12-13-24-15(2)23-17-9-5-6-10-18(17)24/h4-11,14H,12-13H2,1-3H3,(H,22,25). The van der Waals surface area contributed by atoms with Crippen molar-refractivity contribution in [2.75, 3.05) is 13.7 Å². The number of aryl methyl sites for hydroxylation is 1. The molecule has 1 unspecified atom stereocenters. The van der Waals surface area contributed by atoms with Crippen LogP contribution in [-0.4, -0.2) is 40.3 Å². The highest BCUT2D eigenvalue weighted by Crippen LogP contribution is 2.27. The average Bonchev–Trinajstić information content (AvgIpc) is 3.03. The zero-order chi connectivity index (χ0) is 20.1. The van der Waals surface area contributed by atoms with Crippen molar-refractivity contribution < 1.29 is 14.3 Å². The number of hydrogen-bond acceptors (Lipinski definition) is 5. The number of nitrogens with zero attached hydrogens (tertiary/aromatic N) is 2. The van der Waals surface area contributed by atoms with Gasteiger partial charge >= 0.3 is 5.97 Å². The van der Waals surface area contributed by atoms with E-state index in [9.17, 15) is 9.59 Å². The second-order valence-corrected chi connectivity index (χ2v) is 7.72. The molecule has 6 nitrogen and oxygen atoms in total. The van der Waals surface area contributed by atoms with Gasteiger partial charge in [-0.25, -0.2) is 4.98 Å². The van der Waals surface area contributed by atoms with Crippen LogP contribution in [0.2, 0.25) is 0 Å². The molecule has 0 aliphatic carbocycles. The van der Waals surface area contributed by atoms with Gasteiger partial charge in [0, 0.05) is 18.0 Å². The maximum atomic E-state index is 12.7. The van der Waals surface area contributed by atoms with Crippen molar-refractivity contribution in [3.8, 4) is 0 Å². The lowest BCUT2D eigenvalue weighted by molar-refractivity contribution is -0.139. The third kappa shape index (κ3) is 4.36. The first-order chi connectivity index (χ1) is 13.5. The number of para-hydroxylation sites is 2. The van der Waals surface area contributed by atoms with Crippen LogP contribution in [0.3, 0.4) is 0 Å². The normalized spacial score (nSPS) is 12.0. The van der Waals surface area contributed by atoms with Crippen LogP contribution < -0.4 is 5.32 Å². The molecule has 1 amide bonds. The van der Waals surface area contributed by atoms with E-state index in [1.165, 1.54) is 18.9 Å². The van der Waals surface area contributed by atoms with E-state index in [0.717, 1.165) is 21.8 Å². The van der Waals surface area contributed by atoms with Crippen molar-refractivity contribution >= 4 is 34.7 Å². The number of carbonyl (C=O) groups is 2. The third-order valence-corrected chi connectivity index (χ3v) is 5.59. The van der Waals surface area contributed by atoms with Crippen LogP contribution in [0, 0.1) is 6.92 Å². The lowest BCUT2D eigenvalue weighted by Crippen LogP contribution is -2.28. The molecule has 3 rings (SSSR count). The molecule has 0 saturated heterocycles. The highest BCUT2D eigenvalue weighted by Gasteiger charge is 2.19. The van der Waals surface area contributed by atoms with Crippen molar-refractivity contribution in [2.24, 2.45) is 0 Å². The van der Waals surface area contributed by atoms with E-state index < -0.39 is 0 Å². The first-order valence-electron chi connectivity index (χ1n) is 9.05. The fourth-order valence-electron chi connectivity index (χ4n) is 3.02. The number of imidazole rings is 1. The van der Waals surface area contributed by atoms with Gasteiger partial charge in [-0.2, -0.15) is 0 Å². The number of nitrogens with one attached hydrogen (secondary N) is 1. The van der Waals surface area contributed by atoms with Gasteiger partial charge in [0.2, 0.25) is 0 Å². The van der Waals surface area contributed by atoms with E-state index >= 15 is 0 Å². The Hall–Kier alpha value is -2.80. The van der Waals surface area contributed by atoms with Gasteiger partial charge in [-0.1, -0.05) is 24.3 Å². The summed E-state index contributed by atoms with van der Waals surface area (Å²) in [6.45, 7) is 4.83.